The standard InChI is InChI=1S/C24H29NO5/c1-6-29-21-10-8-7-9-19(21)23(27)25-22(15(2)3)24(28)30-14-20(26)18-12-11-16(4)13-17(18)5/h7-13,15,22H,6,14H2,1-5H3,(H,25,27)/t22-/m0/s1. The molecule has 0 radical (unpaired) electrons. The molecule has 160 valence electrons. The molecule has 2 rings (SSSR count). The molecule has 6 nitrogen and oxygen atoms in total. The number of esters is 1. The van der Waals surface area contributed by atoms with Gasteiger partial charge >= 0.3 is 5.97 Å². The van der Waals surface area contributed by atoms with E-state index in [0.717, 1.165) is 11.1 Å². The van der Waals surface area contributed by atoms with Crippen LogP contribution in [0.2, 0.25) is 0 Å². The molecule has 0 fully saturated rings. The summed E-state index contributed by atoms with van der Waals surface area (Å²) in [6, 6.07) is 11.4. The van der Waals surface area contributed by atoms with E-state index in [4.69, 9.17) is 9.47 Å². The quantitative estimate of drug-likeness (QED) is 0.500. The van der Waals surface area contributed by atoms with Crippen molar-refractivity contribution in [1.82, 2.24) is 5.32 Å². The van der Waals surface area contributed by atoms with E-state index < -0.39 is 17.9 Å². The zero-order valence-corrected chi connectivity index (χ0v) is 18.2. The van der Waals surface area contributed by atoms with Gasteiger partial charge in [-0.3, -0.25) is 9.59 Å². The number of aryl methyl sites for hydroxylation is 2. The van der Waals surface area contributed by atoms with Crippen molar-refractivity contribution in [2.75, 3.05) is 13.2 Å². The monoisotopic (exact) mass is 411 g/mol. The lowest BCUT2D eigenvalue weighted by Crippen LogP contribution is -2.45. The van der Waals surface area contributed by atoms with E-state index in [0.29, 0.717) is 23.5 Å². The Morgan fingerprint density at radius 1 is 1.00 bits per heavy atom. The Hall–Kier alpha value is -3.15. The number of hydrogen-bond acceptors (Lipinski definition) is 5. The largest absolute Gasteiger partial charge is 0.493 e. The van der Waals surface area contributed by atoms with E-state index in [1.165, 1.54) is 0 Å². The first-order valence-electron chi connectivity index (χ1n) is 10.0. The number of benzene rings is 2. The Kier molecular flexibility index (Phi) is 8.16. The molecule has 6 heteroatoms. The number of hydrogen-bond donors (Lipinski definition) is 1. The van der Waals surface area contributed by atoms with E-state index in [1.807, 2.05) is 32.9 Å². The van der Waals surface area contributed by atoms with Gasteiger partial charge in [-0.05, 0) is 44.4 Å². The number of Topliss-reactive ketones (excluding diaryl/α,β-unsaturated/α-hetero) is 1. The smallest absolute Gasteiger partial charge is 0.329 e. The van der Waals surface area contributed by atoms with E-state index >= 15 is 0 Å². The zero-order chi connectivity index (χ0) is 22.3. The van der Waals surface area contributed by atoms with Gasteiger partial charge in [-0.2, -0.15) is 0 Å². The molecule has 0 saturated carbocycles. The van der Waals surface area contributed by atoms with Crippen molar-refractivity contribution in [3.05, 3.63) is 64.7 Å². The second kappa shape index (κ2) is 10.6. The lowest BCUT2D eigenvalue weighted by Gasteiger charge is -2.21. The van der Waals surface area contributed by atoms with Gasteiger partial charge in [0.1, 0.15) is 11.8 Å². The Morgan fingerprint density at radius 3 is 2.33 bits per heavy atom. The number of ether oxygens (including phenoxy) is 2. The fourth-order valence-electron chi connectivity index (χ4n) is 3.08. The maximum atomic E-state index is 12.7. The van der Waals surface area contributed by atoms with Gasteiger partial charge < -0.3 is 14.8 Å². The van der Waals surface area contributed by atoms with E-state index in [9.17, 15) is 14.4 Å². The highest BCUT2D eigenvalue weighted by atomic mass is 16.5. The molecule has 1 amide bonds. The molecule has 1 atom stereocenters. The van der Waals surface area contributed by atoms with Gasteiger partial charge in [0.15, 0.2) is 6.61 Å². The van der Waals surface area contributed by atoms with Crippen molar-refractivity contribution in [2.45, 2.75) is 40.7 Å². The molecular formula is C24H29NO5. The maximum absolute atomic E-state index is 12.7. The molecule has 0 aliphatic rings. The summed E-state index contributed by atoms with van der Waals surface area (Å²) in [5.41, 5.74) is 2.74. The van der Waals surface area contributed by atoms with Crippen LogP contribution in [0.25, 0.3) is 0 Å². The van der Waals surface area contributed by atoms with Gasteiger partial charge in [0.25, 0.3) is 5.91 Å². The summed E-state index contributed by atoms with van der Waals surface area (Å²) in [4.78, 5) is 37.8. The summed E-state index contributed by atoms with van der Waals surface area (Å²) in [6.07, 6.45) is 0. The van der Waals surface area contributed by atoms with E-state index in [1.54, 1.807) is 44.2 Å². The predicted molar refractivity (Wildman–Crippen MR) is 115 cm³/mol. The molecule has 0 saturated heterocycles. The highest BCUT2D eigenvalue weighted by Crippen LogP contribution is 2.19. The number of ketones is 1. The summed E-state index contributed by atoms with van der Waals surface area (Å²) in [5.74, 6) is -1.15. The number of rotatable bonds is 9. The minimum absolute atomic E-state index is 0.225. The molecule has 0 heterocycles. The van der Waals surface area contributed by atoms with E-state index in [2.05, 4.69) is 5.32 Å². The van der Waals surface area contributed by atoms with Crippen LogP contribution < -0.4 is 10.1 Å². The van der Waals surface area contributed by atoms with Crippen LogP contribution in [0.15, 0.2) is 42.5 Å². The molecule has 0 aliphatic heterocycles. The number of carbonyl (C=O) groups is 3. The van der Waals surface area contributed by atoms with Crippen molar-refractivity contribution in [3.8, 4) is 5.75 Å². The second-order valence-electron chi connectivity index (χ2n) is 7.47. The summed E-state index contributed by atoms with van der Waals surface area (Å²) in [7, 11) is 0. The van der Waals surface area contributed by atoms with Crippen LogP contribution in [-0.2, 0) is 9.53 Å². The first-order valence-corrected chi connectivity index (χ1v) is 10.0. The first kappa shape index (κ1) is 23.1. The number of amides is 1. The summed E-state index contributed by atoms with van der Waals surface area (Å²) in [5, 5.41) is 2.71. The topological polar surface area (TPSA) is 81.7 Å². The fraction of sp³-hybridized carbons (Fsp3) is 0.375. The van der Waals surface area contributed by atoms with Crippen LogP contribution in [0.4, 0.5) is 0 Å². The molecule has 0 aromatic heterocycles. The zero-order valence-electron chi connectivity index (χ0n) is 18.2. The number of carbonyl (C=O) groups excluding carboxylic acids is 3. The minimum Gasteiger partial charge on any atom is -0.493 e. The normalized spacial score (nSPS) is 11.7. The summed E-state index contributed by atoms with van der Waals surface area (Å²) >= 11 is 0. The molecule has 0 aliphatic carbocycles. The van der Waals surface area contributed by atoms with Gasteiger partial charge in [-0.15, -0.1) is 0 Å². The molecule has 0 bridgehead atoms. The Morgan fingerprint density at radius 2 is 1.70 bits per heavy atom. The average molecular weight is 411 g/mol. The number of nitrogens with one attached hydrogen (secondary N) is 1. The van der Waals surface area contributed by atoms with Gasteiger partial charge in [-0.1, -0.05) is 49.7 Å². The van der Waals surface area contributed by atoms with Gasteiger partial charge in [0, 0.05) is 5.56 Å². The molecule has 0 unspecified atom stereocenters. The molecular weight excluding hydrogens is 382 g/mol. The van der Waals surface area contributed by atoms with Crippen LogP contribution >= 0.6 is 0 Å². The molecule has 30 heavy (non-hydrogen) atoms. The first-order chi connectivity index (χ1) is 14.2. The molecule has 1 N–H and O–H groups in total. The lowest BCUT2D eigenvalue weighted by atomic mass is 10.0. The fourth-order valence-corrected chi connectivity index (χ4v) is 3.08. The van der Waals surface area contributed by atoms with Gasteiger partial charge in [0.05, 0.1) is 12.2 Å². The van der Waals surface area contributed by atoms with Crippen molar-refractivity contribution in [2.24, 2.45) is 5.92 Å². The molecule has 0 spiro atoms. The Balaban J connectivity index is 2.06. The average Bonchev–Trinajstić information content (AvgIpc) is 2.70. The highest BCUT2D eigenvalue weighted by Gasteiger charge is 2.28. The highest BCUT2D eigenvalue weighted by molar-refractivity contribution is 6.01. The Bertz CT molecular complexity index is 920. The van der Waals surface area contributed by atoms with Crippen LogP contribution in [0.5, 0.6) is 5.75 Å². The lowest BCUT2D eigenvalue weighted by molar-refractivity contribution is -0.145. The summed E-state index contributed by atoms with van der Waals surface area (Å²) < 4.78 is 10.7. The van der Waals surface area contributed by atoms with E-state index in [-0.39, 0.29) is 18.3 Å². The van der Waals surface area contributed by atoms with Gasteiger partial charge in [0.2, 0.25) is 5.78 Å². The van der Waals surface area contributed by atoms with Crippen LogP contribution in [0.1, 0.15) is 52.6 Å². The third kappa shape index (κ3) is 5.92. The van der Waals surface area contributed by atoms with Crippen LogP contribution in [-0.4, -0.2) is 36.9 Å². The van der Waals surface area contributed by atoms with Crippen LogP contribution in [0, 0.1) is 19.8 Å². The third-order valence-corrected chi connectivity index (χ3v) is 4.67. The van der Waals surface area contributed by atoms with Crippen molar-refractivity contribution in [1.29, 1.82) is 0 Å². The minimum atomic E-state index is -0.890. The maximum Gasteiger partial charge on any atom is 0.329 e. The summed E-state index contributed by atoms with van der Waals surface area (Å²) in [6.45, 7) is 9.25. The predicted octanol–water partition coefficient (Wildman–Crippen LogP) is 3.88. The van der Waals surface area contributed by atoms with Crippen molar-refractivity contribution in [3.63, 3.8) is 0 Å². The molecule has 2 aromatic rings. The Labute approximate surface area is 177 Å². The molecule has 2 aromatic carbocycles. The second-order valence-corrected chi connectivity index (χ2v) is 7.47. The van der Waals surface area contributed by atoms with Crippen molar-refractivity contribution >= 4 is 17.7 Å². The van der Waals surface area contributed by atoms with Crippen LogP contribution in [0.3, 0.4) is 0 Å². The van der Waals surface area contributed by atoms with Gasteiger partial charge in [-0.25, -0.2) is 4.79 Å². The SMILES string of the molecule is CCOc1ccccc1C(=O)N[C@H](C(=O)OCC(=O)c1ccc(C)cc1C)C(C)C. The van der Waals surface area contributed by atoms with Crippen molar-refractivity contribution < 1.29 is 23.9 Å². The number of para-hydroxylation sites is 1. The third-order valence-electron chi connectivity index (χ3n) is 4.67.